The fourth-order valence-corrected chi connectivity index (χ4v) is 2.99. The predicted octanol–water partition coefficient (Wildman–Crippen LogP) is 1.58. The zero-order chi connectivity index (χ0) is 14.7. The zero-order valence-electron chi connectivity index (χ0n) is 14.1. The van der Waals surface area contributed by atoms with Gasteiger partial charge in [0.05, 0.1) is 20.6 Å². The number of hydrogen-bond donors (Lipinski definition) is 0. The fourth-order valence-electron chi connectivity index (χ4n) is 2.99. The van der Waals surface area contributed by atoms with E-state index in [2.05, 4.69) is 66.6 Å². The van der Waals surface area contributed by atoms with Crippen LogP contribution >= 0.6 is 0 Å². The molecule has 0 fully saturated rings. The van der Waals surface area contributed by atoms with Gasteiger partial charge in [0.15, 0.2) is 0 Å². The van der Waals surface area contributed by atoms with Crippen LogP contribution in [0.25, 0.3) is 0 Å². The first kappa shape index (κ1) is 19.9. The summed E-state index contributed by atoms with van der Waals surface area (Å²) in [7, 11) is 4.54. The first-order valence-corrected chi connectivity index (χ1v) is 7.49. The first-order valence-electron chi connectivity index (χ1n) is 7.49. The average Bonchev–Trinajstić information content (AvgIpc) is 2.27. The summed E-state index contributed by atoms with van der Waals surface area (Å²) < 4.78 is 0.968. The van der Waals surface area contributed by atoms with Gasteiger partial charge in [-0.15, -0.1) is 0 Å². The summed E-state index contributed by atoms with van der Waals surface area (Å²) >= 11 is 0. The number of likely N-dealkylation sites (N-methyl/N-ethyl adjacent to an activating group) is 1. The maximum absolute atomic E-state index is 3.86. The van der Waals surface area contributed by atoms with Crippen LogP contribution in [-0.4, -0.2) is 31.2 Å². The van der Waals surface area contributed by atoms with E-state index < -0.39 is 0 Å². The monoisotopic (exact) mass is 389 g/mol. The number of allylic oxidation sites excluding steroid dienone is 3. The molecule has 0 heterocycles. The van der Waals surface area contributed by atoms with Gasteiger partial charge in [0.2, 0.25) is 0 Å². The van der Waals surface area contributed by atoms with E-state index in [0.717, 1.165) is 11.0 Å². The Labute approximate surface area is 143 Å². The fraction of sp³-hybridized carbons (Fsp3) is 0.667. The van der Waals surface area contributed by atoms with Gasteiger partial charge in [-0.05, 0) is 44.3 Å². The third-order valence-electron chi connectivity index (χ3n) is 4.87. The van der Waals surface area contributed by atoms with Crippen LogP contribution in [0.2, 0.25) is 0 Å². The minimum atomic E-state index is 0. The third-order valence-corrected chi connectivity index (χ3v) is 4.87. The molecule has 1 aliphatic rings. The molecule has 0 aromatic rings. The van der Waals surface area contributed by atoms with E-state index in [1.54, 1.807) is 0 Å². The van der Waals surface area contributed by atoms with Crippen LogP contribution in [0.3, 0.4) is 0 Å². The summed E-state index contributed by atoms with van der Waals surface area (Å²) in [5.74, 6) is 0.590. The molecule has 2 unspecified atom stereocenters. The van der Waals surface area contributed by atoms with Gasteiger partial charge in [-0.1, -0.05) is 38.2 Å². The van der Waals surface area contributed by atoms with E-state index in [4.69, 9.17) is 0 Å². The second-order valence-corrected chi connectivity index (χ2v) is 7.33. The molecule has 0 saturated heterocycles. The summed E-state index contributed by atoms with van der Waals surface area (Å²) in [4.78, 5) is 0. The van der Waals surface area contributed by atoms with Crippen molar-refractivity contribution in [2.45, 2.75) is 46.6 Å². The van der Waals surface area contributed by atoms with E-state index in [1.165, 1.54) is 18.4 Å². The van der Waals surface area contributed by atoms with Gasteiger partial charge in [-0.25, -0.2) is 0 Å². The van der Waals surface area contributed by atoms with Gasteiger partial charge in [0, 0.05) is 5.92 Å². The topological polar surface area (TPSA) is 0 Å². The normalized spacial score (nSPS) is 23.9. The molecule has 1 nitrogen and oxygen atoms in total. The Morgan fingerprint density at radius 2 is 2.05 bits per heavy atom. The molecule has 0 N–H and O–H groups in total. The molecule has 0 radical (unpaired) electrons. The molecule has 0 spiro atoms. The smallest absolute Gasteiger partial charge is 0.105 e. The highest BCUT2D eigenvalue weighted by atomic mass is 127. The molecule has 0 aromatic heterocycles. The Kier molecular flexibility index (Phi) is 7.75. The van der Waals surface area contributed by atoms with Crippen molar-refractivity contribution in [1.82, 2.24) is 0 Å². The molecular weight excluding hydrogens is 357 g/mol. The largest absolute Gasteiger partial charge is 1.00 e. The summed E-state index contributed by atoms with van der Waals surface area (Å²) in [5, 5.41) is 0. The summed E-state index contributed by atoms with van der Waals surface area (Å²) in [6, 6.07) is 0.517. The Balaban J connectivity index is 0.00000361. The van der Waals surface area contributed by atoms with E-state index in [9.17, 15) is 0 Å². The second-order valence-electron chi connectivity index (χ2n) is 7.33. The van der Waals surface area contributed by atoms with E-state index >= 15 is 0 Å². The van der Waals surface area contributed by atoms with E-state index in [-0.39, 0.29) is 24.0 Å². The van der Waals surface area contributed by atoms with Crippen molar-refractivity contribution in [3.63, 3.8) is 0 Å². The lowest BCUT2D eigenvalue weighted by molar-refractivity contribution is -0.900. The van der Waals surface area contributed by atoms with Crippen molar-refractivity contribution in [3.8, 4) is 0 Å². The van der Waals surface area contributed by atoms with Crippen molar-refractivity contribution in [3.05, 3.63) is 36.5 Å². The van der Waals surface area contributed by atoms with Crippen molar-refractivity contribution in [2.24, 2.45) is 11.3 Å². The van der Waals surface area contributed by atoms with Crippen LogP contribution in [-0.2, 0) is 0 Å². The lowest BCUT2D eigenvalue weighted by Gasteiger charge is -2.38. The molecule has 20 heavy (non-hydrogen) atoms. The third kappa shape index (κ3) is 5.03. The first-order chi connectivity index (χ1) is 8.70. The maximum Gasteiger partial charge on any atom is 0.105 e. The highest BCUT2D eigenvalue weighted by Gasteiger charge is 2.31. The average molecular weight is 389 g/mol. The minimum absolute atomic E-state index is 0. The number of hydrogen-bond acceptors (Lipinski definition) is 0. The molecule has 0 saturated carbocycles. The number of quaternary nitrogens is 1. The molecule has 0 aliphatic heterocycles. The molecule has 116 valence electrons. The van der Waals surface area contributed by atoms with Crippen LogP contribution in [0.5, 0.6) is 0 Å². The van der Waals surface area contributed by atoms with Crippen LogP contribution in [0, 0.1) is 11.3 Å². The highest BCUT2D eigenvalue weighted by molar-refractivity contribution is 5.19. The Morgan fingerprint density at radius 3 is 2.55 bits per heavy atom. The van der Waals surface area contributed by atoms with Gasteiger partial charge in [0.25, 0.3) is 0 Å². The van der Waals surface area contributed by atoms with Gasteiger partial charge >= 0.3 is 0 Å². The highest BCUT2D eigenvalue weighted by Crippen LogP contribution is 2.41. The molecule has 0 amide bonds. The summed E-state index contributed by atoms with van der Waals surface area (Å²) in [6.07, 6.45) is 11.8. The van der Waals surface area contributed by atoms with Gasteiger partial charge < -0.3 is 28.5 Å². The lowest BCUT2D eigenvalue weighted by Crippen LogP contribution is -3.00. The molecule has 2 heteroatoms. The summed E-state index contributed by atoms with van der Waals surface area (Å²) in [5.41, 5.74) is 1.93. The SMILES string of the molecule is C=CC[N+](C)(C)C(C)C=CC1C(C)=CCCC1(C)C.[I-]. The minimum Gasteiger partial charge on any atom is -1.00 e. The van der Waals surface area contributed by atoms with E-state index in [0.29, 0.717) is 17.4 Å². The summed E-state index contributed by atoms with van der Waals surface area (Å²) in [6.45, 7) is 14.2. The molecular formula is C18H32IN. The van der Waals surface area contributed by atoms with Gasteiger partial charge in [-0.3, -0.25) is 0 Å². The zero-order valence-corrected chi connectivity index (χ0v) is 16.3. The van der Waals surface area contributed by atoms with Crippen molar-refractivity contribution in [2.75, 3.05) is 20.6 Å². The molecule has 0 aromatic carbocycles. The van der Waals surface area contributed by atoms with Crippen LogP contribution in [0.1, 0.15) is 40.5 Å². The van der Waals surface area contributed by atoms with Gasteiger partial charge in [0.1, 0.15) is 6.04 Å². The molecule has 1 rings (SSSR count). The van der Waals surface area contributed by atoms with E-state index in [1.807, 2.05) is 6.08 Å². The van der Waals surface area contributed by atoms with Crippen LogP contribution in [0.4, 0.5) is 0 Å². The Morgan fingerprint density at radius 1 is 1.45 bits per heavy atom. The van der Waals surface area contributed by atoms with Crippen molar-refractivity contribution >= 4 is 0 Å². The molecule has 1 aliphatic carbocycles. The number of halogens is 1. The molecule has 0 bridgehead atoms. The maximum atomic E-state index is 3.86. The number of nitrogens with zero attached hydrogens (tertiary/aromatic N) is 1. The van der Waals surface area contributed by atoms with Gasteiger partial charge in [-0.2, -0.15) is 0 Å². The van der Waals surface area contributed by atoms with Crippen LogP contribution < -0.4 is 24.0 Å². The lowest BCUT2D eigenvalue weighted by atomic mass is 9.68. The Hall–Kier alpha value is -0.0900. The number of rotatable bonds is 5. The standard InChI is InChI=1S/C18H32N.HI/c1-8-14-19(6,7)16(3)11-12-17-15(2)10-9-13-18(17,4)5;/h8,10-12,16-17H,1,9,13-14H2,2-7H3;1H/q+1;/p-1. The quantitative estimate of drug-likeness (QED) is 0.381. The second kappa shape index (κ2) is 7.79. The Bertz CT molecular complexity index is 377. The van der Waals surface area contributed by atoms with Crippen molar-refractivity contribution < 1.29 is 28.5 Å². The van der Waals surface area contributed by atoms with Crippen LogP contribution in [0.15, 0.2) is 36.5 Å². The van der Waals surface area contributed by atoms with Crippen molar-refractivity contribution in [1.29, 1.82) is 0 Å². The predicted molar refractivity (Wildman–Crippen MR) is 86.0 cm³/mol. The molecule has 2 atom stereocenters.